The first-order chi connectivity index (χ1) is 15.8. The second-order valence-electron chi connectivity index (χ2n) is 8.36. The summed E-state index contributed by atoms with van der Waals surface area (Å²) >= 11 is 0. The van der Waals surface area contributed by atoms with Gasteiger partial charge in [-0.3, -0.25) is 9.59 Å². The van der Waals surface area contributed by atoms with Gasteiger partial charge in [0.2, 0.25) is 0 Å². The smallest absolute Gasteiger partial charge is 0.338 e. The number of aryl methyl sites for hydroxylation is 1. The number of hydrogen-bond donors (Lipinski definition) is 1. The van der Waals surface area contributed by atoms with Gasteiger partial charge in [0.15, 0.2) is 18.5 Å². The summed E-state index contributed by atoms with van der Waals surface area (Å²) in [5.41, 5.74) is 0.274. The monoisotopic (exact) mass is 457 g/mol. The molecular formula is C24H31N3O6. The highest BCUT2D eigenvalue weighted by molar-refractivity contribution is 5.97. The molecule has 1 N–H and O–H groups in total. The maximum Gasteiger partial charge on any atom is 0.338 e. The van der Waals surface area contributed by atoms with Crippen molar-refractivity contribution < 1.29 is 28.4 Å². The van der Waals surface area contributed by atoms with Crippen LogP contribution in [-0.2, 0) is 14.3 Å². The number of piperidine rings is 1. The van der Waals surface area contributed by atoms with E-state index < -0.39 is 18.0 Å². The van der Waals surface area contributed by atoms with Crippen LogP contribution in [-0.4, -0.2) is 52.6 Å². The van der Waals surface area contributed by atoms with Gasteiger partial charge in [0.05, 0.1) is 5.56 Å². The van der Waals surface area contributed by atoms with Crippen LogP contribution in [0.4, 0.5) is 5.82 Å². The van der Waals surface area contributed by atoms with E-state index in [1.165, 1.54) is 0 Å². The maximum atomic E-state index is 12.6. The van der Waals surface area contributed by atoms with Gasteiger partial charge in [-0.1, -0.05) is 12.1 Å². The Morgan fingerprint density at radius 2 is 1.85 bits per heavy atom. The van der Waals surface area contributed by atoms with E-state index in [9.17, 15) is 14.4 Å². The zero-order valence-electron chi connectivity index (χ0n) is 19.5. The van der Waals surface area contributed by atoms with E-state index in [1.54, 1.807) is 44.2 Å². The Morgan fingerprint density at radius 1 is 1.18 bits per heavy atom. The molecule has 9 nitrogen and oxygen atoms in total. The number of esters is 1. The van der Waals surface area contributed by atoms with Crippen molar-refractivity contribution in [2.24, 2.45) is 0 Å². The van der Waals surface area contributed by atoms with Crippen molar-refractivity contribution in [2.75, 3.05) is 11.9 Å². The minimum atomic E-state index is -0.975. The van der Waals surface area contributed by atoms with E-state index in [4.69, 9.17) is 14.0 Å². The summed E-state index contributed by atoms with van der Waals surface area (Å²) in [6.45, 7) is 7.51. The van der Waals surface area contributed by atoms with Gasteiger partial charge in [-0.2, -0.15) is 0 Å². The number of ether oxygens (including phenoxy) is 2. The molecule has 1 aromatic heterocycles. The molecule has 9 heteroatoms. The number of benzene rings is 1. The van der Waals surface area contributed by atoms with Crippen molar-refractivity contribution in [1.29, 1.82) is 0 Å². The number of likely N-dealkylation sites (tertiary alicyclic amines) is 1. The Hall–Kier alpha value is -3.36. The van der Waals surface area contributed by atoms with Crippen LogP contribution in [0.2, 0.25) is 0 Å². The Kier molecular flexibility index (Phi) is 8.08. The summed E-state index contributed by atoms with van der Waals surface area (Å²) in [6.07, 6.45) is 2.45. The lowest BCUT2D eigenvalue weighted by Gasteiger charge is -2.38. The summed E-state index contributed by atoms with van der Waals surface area (Å²) in [5, 5.41) is 6.26. The second kappa shape index (κ2) is 11.0. The fourth-order valence-electron chi connectivity index (χ4n) is 3.97. The zero-order valence-corrected chi connectivity index (χ0v) is 19.5. The lowest BCUT2D eigenvalue weighted by atomic mass is 9.97. The zero-order chi connectivity index (χ0) is 24.0. The number of amides is 2. The first-order valence-electron chi connectivity index (χ1n) is 11.3. The third-order valence-electron chi connectivity index (χ3n) is 5.73. The van der Waals surface area contributed by atoms with Crippen LogP contribution in [0.15, 0.2) is 34.9 Å². The van der Waals surface area contributed by atoms with Crippen LogP contribution >= 0.6 is 0 Å². The van der Waals surface area contributed by atoms with Gasteiger partial charge in [-0.05, 0) is 70.7 Å². The normalized spacial score (nSPS) is 19.0. The molecule has 1 saturated heterocycles. The topological polar surface area (TPSA) is 111 Å². The minimum absolute atomic E-state index is 0.0442. The molecule has 0 spiro atoms. The van der Waals surface area contributed by atoms with Gasteiger partial charge < -0.3 is 24.2 Å². The lowest BCUT2D eigenvalue weighted by Crippen LogP contribution is -2.49. The van der Waals surface area contributed by atoms with E-state index in [1.807, 2.05) is 4.90 Å². The molecule has 2 aromatic rings. The molecule has 2 amide bonds. The number of nitrogens with zero attached hydrogens (tertiary/aromatic N) is 2. The summed E-state index contributed by atoms with van der Waals surface area (Å²) in [7, 11) is 0. The van der Waals surface area contributed by atoms with E-state index in [-0.39, 0.29) is 36.0 Å². The molecule has 2 heterocycles. The van der Waals surface area contributed by atoms with Gasteiger partial charge in [0, 0.05) is 18.2 Å². The van der Waals surface area contributed by atoms with Crippen LogP contribution in [0, 0.1) is 6.92 Å². The number of aromatic nitrogens is 1. The quantitative estimate of drug-likeness (QED) is 0.601. The molecule has 1 aromatic carbocycles. The first kappa shape index (κ1) is 24.3. The Labute approximate surface area is 193 Å². The molecule has 1 aliphatic rings. The van der Waals surface area contributed by atoms with Crippen molar-refractivity contribution in [3.8, 4) is 5.75 Å². The molecule has 1 fully saturated rings. The number of carbonyl (C=O) groups is 3. The number of nitrogens with one attached hydrogen (secondary N) is 1. The molecule has 0 saturated carbocycles. The predicted octanol–water partition coefficient (Wildman–Crippen LogP) is 3.73. The highest BCUT2D eigenvalue weighted by atomic mass is 16.5. The predicted molar refractivity (Wildman–Crippen MR) is 121 cm³/mol. The van der Waals surface area contributed by atoms with E-state index in [0.717, 1.165) is 19.3 Å². The molecule has 3 unspecified atom stereocenters. The van der Waals surface area contributed by atoms with Gasteiger partial charge >= 0.3 is 5.97 Å². The summed E-state index contributed by atoms with van der Waals surface area (Å²) < 4.78 is 15.9. The molecule has 3 atom stereocenters. The largest absolute Gasteiger partial charge is 0.484 e. The Bertz CT molecular complexity index is 961. The van der Waals surface area contributed by atoms with E-state index >= 15 is 0 Å². The fraction of sp³-hybridized carbons (Fsp3) is 0.500. The number of carbonyl (C=O) groups excluding carboxylic acids is 3. The molecule has 0 bridgehead atoms. The third kappa shape index (κ3) is 6.34. The van der Waals surface area contributed by atoms with Crippen LogP contribution < -0.4 is 10.1 Å². The van der Waals surface area contributed by atoms with Crippen molar-refractivity contribution in [2.45, 2.75) is 71.6 Å². The minimum Gasteiger partial charge on any atom is -0.484 e. The number of anilines is 1. The van der Waals surface area contributed by atoms with E-state index in [0.29, 0.717) is 17.9 Å². The summed E-state index contributed by atoms with van der Waals surface area (Å²) in [4.78, 5) is 39.4. The van der Waals surface area contributed by atoms with Gasteiger partial charge in [0.1, 0.15) is 11.5 Å². The molecule has 0 aliphatic carbocycles. The lowest BCUT2D eigenvalue weighted by molar-refractivity contribution is -0.139. The second-order valence-corrected chi connectivity index (χ2v) is 8.36. The van der Waals surface area contributed by atoms with Gasteiger partial charge in [-0.15, -0.1) is 0 Å². The fourth-order valence-corrected chi connectivity index (χ4v) is 3.97. The van der Waals surface area contributed by atoms with Gasteiger partial charge in [0.25, 0.3) is 11.8 Å². The van der Waals surface area contributed by atoms with Gasteiger partial charge in [-0.25, -0.2) is 4.79 Å². The number of hydrogen-bond acceptors (Lipinski definition) is 7. The Balaban J connectivity index is 1.52. The molecule has 1 aliphatic heterocycles. The van der Waals surface area contributed by atoms with Crippen LogP contribution in [0.3, 0.4) is 0 Å². The van der Waals surface area contributed by atoms with E-state index in [2.05, 4.69) is 24.3 Å². The molecule has 178 valence electrons. The van der Waals surface area contributed by atoms with Crippen molar-refractivity contribution in [1.82, 2.24) is 10.1 Å². The number of rotatable bonds is 8. The average Bonchev–Trinajstić information content (AvgIpc) is 3.20. The highest BCUT2D eigenvalue weighted by Gasteiger charge is 2.29. The third-order valence-corrected chi connectivity index (χ3v) is 5.73. The molecule has 0 radical (unpaired) electrons. The average molecular weight is 458 g/mol. The van der Waals surface area contributed by atoms with Crippen LogP contribution in [0.5, 0.6) is 5.75 Å². The molecule has 33 heavy (non-hydrogen) atoms. The van der Waals surface area contributed by atoms with Crippen molar-refractivity contribution >= 4 is 23.6 Å². The standard InChI is InChI=1S/C24H31N3O6/c1-5-20(23(29)25-21-13-17(4)33-26-21)32-24(30)18-9-11-19(12-10-18)31-14-22(28)27-15(2)7-6-8-16(27)3/h9-13,15-16,20H,5-8,14H2,1-4H3,(H,25,26,29). The SMILES string of the molecule is CCC(OC(=O)c1ccc(OCC(=O)N2C(C)CCCC2C)cc1)C(=O)Nc1cc(C)on1. The molecule has 3 rings (SSSR count). The van der Waals surface area contributed by atoms with Crippen molar-refractivity contribution in [3.05, 3.63) is 41.7 Å². The Morgan fingerprint density at radius 3 is 2.42 bits per heavy atom. The first-order valence-corrected chi connectivity index (χ1v) is 11.3. The van der Waals surface area contributed by atoms with Crippen LogP contribution in [0.25, 0.3) is 0 Å². The molecular weight excluding hydrogens is 426 g/mol. The summed E-state index contributed by atoms with van der Waals surface area (Å²) in [6, 6.07) is 8.28. The summed E-state index contributed by atoms with van der Waals surface area (Å²) in [5.74, 6) is 0.127. The highest BCUT2D eigenvalue weighted by Crippen LogP contribution is 2.23. The maximum absolute atomic E-state index is 12.6. The van der Waals surface area contributed by atoms with Crippen molar-refractivity contribution in [3.63, 3.8) is 0 Å². The van der Waals surface area contributed by atoms with Crippen LogP contribution in [0.1, 0.15) is 62.6 Å².